The number of quaternary nitrogens is 1. The lowest BCUT2D eigenvalue weighted by molar-refractivity contribution is -0.917. The zero-order chi connectivity index (χ0) is 13.5. The first-order valence-electron chi connectivity index (χ1n) is 6.66. The smallest absolute Gasteiger partial charge is 0.169 e. The minimum Gasteiger partial charge on any atom is -0.383 e. The van der Waals surface area contributed by atoms with E-state index < -0.39 is 0 Å². The summed E-state index contributed by atoms with van der Waals surface area (Å²) in [5, 5.41) is 8.50. The molecular formula is C13H22N3OS2+. The van der Waals surface area contributed by atoms with Crippen LogP contribution >= 0.6 is 23.6 Å². The fourth-order valence-corrected chi connectivity index (χ4v) is 3.21. The number of nitrogens with zero attached hydrogens (tertiary/aromatic N) is 1. The van der Waals surface area contributed by atoms with Gasteiger partial charge in [-0.05, 0) is 29.0 Å². The second-order valence-electron chi connectivity index (χ2n) is 4.77. The van der Waals surface area contributed by atoms with E-state index >= 15 is 0 Å². The molecule has 2 N–H and O–H groups in total. The van der Waals surface area contributed by atoms with Crippen LogP contribution in [-0.4, -0.2) is 56.5 Å². The van der Waals surface area contributed by atoms with E-state index in [9.17, 15) is 0 Å². The van der Waals surface area contributed by atoms with Crippen LogP contribution in [0.2, 0.25) is 0 Å². The second kappa shape index (κ2) is 7.79. The van der Waals surface area contributed by atoms with Gasteiger partial charge in [0.2, 0.25) is 0 Å². The Labute approximate surface area is 124 Å². The van der Waals surface area contributed by atoms with E-state index in [1.54, 1.807) is 23.3 Å². The van der Waals surface area contributed by atoms with Gasteiger partial charge in [0.25, 0.3) is 0 Å². The Hall–Kier alpha value is -0.690. The molecule has 0 amide bonds. The molecule has 0 aliphatic carbocycles. The Balaban J connectivity index is 1.68. The molecule has 6 heteroatoms. The average Bonchev–Trinajstić information content (AvgIpc) is 2.93. The van der Waals surface area contributed by atoms with E-state index in [1.165, 1.54) is 5.56 Å². The first kappa shape index (κ1) is 14.7. The SMILES string of the molecule is COCCNC(=S)N1CC[NH+](Cc2ccsc2)CC1. The van der Waals surface area contributed by atoms with Gasteiger partial charge in [-0.2, -0.15) is 11.3 Å². The molecular weight excluding hydrogens is 278 g/mol. The molecule has 2 rings (SSSR count). The van der Waals surface area contributed by atoms with Crippen LogP contribution in [0, 0.1) is 0 Å². The first-order valence-corrected chi connectivity index (χ1v) is 8.01. The van der Waals surface area contributed by atoms with Crippen LogP contribution in [0.1, 0.15) is 5.56 Å². The van der Waals surface area contributed by atoms with Crippen LogP contribution in [0.5, 0.6) is 0 Å². The molecule has 0 unspecified atom stereocenters. The highest BCUT2D eigenvalue weighted by molar-refractivity contribution is 7.80. The van der Waals surface area contributed by atoms with Gasteiger partial charge in [-0.25, -0.2) is 0 Å². The Kier molecular flexibility index (Phi) is 6.03. The average molecular weight is 300 g/mol. The van der Waals surface area contributed by atoms with E-state index in [-0.39, 0.29) is 0 Å². The normalized spacial score (nSPS) is 16.6. The predicted molar refractivity (Wildman–Crippen MR) is 82.8 cm³/mol. The van der Waals surface area contributed by atoms with E-state index in [4.69, 9.17) is 17.0 Å². The Morgan fingerprint density at radius 3 is 2.95 bits per heavy atom. The van der Waals surface area contributed by atoms with Crippen LogP contribution in [0.25, 0.3) is 0 Å². The molecule has 0 atom stereocenters. The van der Waals surface area contributed by atoms with Crippen LogP contribution in [0.4, 0.5) is 0 Å². The lowest BCUT2D eigenvalue weighted by atomic mass is 10.2. The van der Waals surface area contributed by atoms with E-state index in [0.717, 1.165) is 44.4 Å². The van der Waals surface area contributed by atoms with Crippen molar-refractivity contribution in [2.75, 3.05) is 46.4 Å². The molecule has 1 aliphatic heterocycles. The molecule has 19 heavy (non-hydrogen) atoms. The van der Waals surface area contributed by atoms with Gasteiger partial charge >= 0.3 is 0 Å². The number of thiocarbonyl (C=S) groups is 1. The molecule has 0 saturated carbocycles. The highest BCUT2D eigenvalue weighted by atomic mass is 32.1. The van der Waals surface area contributed by atoms with Crippen molar-refractivity contribution >= 4 is 28.7 Å². The van der Waals surface area contributed by atoms with Gasteiger partial charge in [-0.15, -0.1) is 0 Å². The van der Waals surface area contributed by atoms with Crippen LogP contribution in [0.15, 0.2) is 16.8 Å². The molecule has 0 bridgehead atoms. The third-order valence-corrected chi connectivity index (χ3v) is 4.51. The number of methoxy groups -OCH3 is 1. The molecule has 1 aromatic heterocycles. The van der Waals surface area contributed by atoms with Crippen LogP contribution in [0.3, 0.4) is 0 Å². The molecule has 0 aromatic carbocycles. The van der Waals surface area contributed by atoms with Gasteiger partial charge in [0.15, 0.2) is 5.11 Å². The van der Waals surface area contributed by atoms with Gasteiger partial charge < -0.3 is 19.9 Å². The number of hydrogen-bond acceptors (Lipinski definition) is 3. The summed E-state index contributed by atoms with van der Waals surface area (Å²) in [5.41, 5.74) is 1.45. The topological polar surface area (TPSA) is 28.9 Å². The summed E-state index contributed by atoms with van der Waals surface area (Å²) in [7, 11) is 1.71. The molecule has 2 heterocycles. The Morgan fingerprint density at radius 1 is 1.53 bits per heavy atom. The van der Waals surface area contributed by atoms with E-state index in [1.807, 2.05) is 0 Å². The fourth-order valence-electron chi connectivity index (χ4n) is 2.26. The van der Waals surface area contributed by atoms with Gasteiger partial charge in [0.05, 0.1) is 32.8 Å². The number of rotatable bonds is 5. The lowest BCUT2D eigenvalue weighted by Gasteiger charge is -2.33. The maximum absolute atomic E-state index is 5.39. The summed E-state index contributed by atoms with van der Waals surface area (Å²) in [6.07, 6.45) is 0. The summed E-state index contributed by atoms with van der Waals surface area (Å²) in [4.78, 5) is 3.91. The van der Waals surface area contributed by atoms with Crippen molar-refractivity contribution in [2.24, 2.45) is 0 Å². The maximum atomic E-state index is 5.39. The molecule has 106 valence electrons. The van der Waals surface area contributed by atoms with Crippen molar-refractivity contribution < 1.29 is 9.64 Å². The van der Waals surface area contributed by atoms with Crippen molar-refractivity contribution in [2.45, 2.75) is 6.54 Å². The summed E-state index contributed by atoms with van der Waals surface area (Å²) < 4.78 is 5.01. The zero-order valence-corrected chi connectivity index (χ0v) is 13.0. The monoisotopic (exact) mass is 300 g/mol. The third kappa shape index (κ3) is 4.72. The zero-order valence-electron chi connectivity index (χ0n) is 11.4. The summed E-state index contributed by atoms with van der Waals surface area (Å²) in [6.45, 7) is 7.02. The molecule has 1 aromatic rings. The highest BCUT2D eigenvalue weighted by Crippen LogP contribution is 2.04. The van der Waals surface area contributed by atoms with Crippen molar-refractivity contribution in [3.63, 3.8) is 0 Å². The van der Waals surface area contributed by atoms with Crippen LogP contribution in [-0.2, 0) is 11.3 Å². The number of piperazine rings is 1. The predicted octanol–water partition coefficient (Wildman–Crippen LogP) is -0.0305. The molecule has 0 spiro atoms. The second-order valence-corrected chi connectivity index (χ2v) is 5.94. The van der Waals surface area contributed by atoms with Gasteiger partial charge in [0, 0.05) is 19.2 Å². The molecule has 0 radical (unpaired) electrons. The number of nitrogens with one attached hydrogen (secondary N) is 2. The van der Waals surface area contributed by atoms with Crippen molar-refractivity contribution in [3.8, 4) is 0 Å². The first-order chi connectivity index (χ1) is 9.29. The van der Waals surface area contributed by atoms with Crippen molar-refractivity contribution in [3.05, 3.63) is 22.4 Å². The number of thiophene rings is 1. The summed E-state index contributed by atoms with van der Waals surface area (Å²) in [5.74, 6) is 0. The minimum atomic E-state index is 0.698. The molecule has 1 saturated heterocycles. The molecule has 1 fully saturated rings. The maximum Gasteiger partial charge on any atom is 0.169 e. The van der Waals surface area contributed by atoms with Gasteiger partial charge in [-0.3, -0.25) is 0 Å². The Morgan fingerprint density at radius 2 is 2.32 bits per heavy atom. The standard InChI is InChI=1S/C13H21N3OS2/c1-17-8-3-14-13(18)16-6-4-15(5-7-16)10-12-2-9-19-11-12/h2,9,11H,3-8,10H2,1H3,(H,14,18)/p+1. The highest BCUT2D eigenvalue weighted by Gasteiger charge is 2.21. The van der Waals surface area contributed by atoms with Gasteiger partial charge in [0.1, 0.15) is 6.54 Å². The summed E-state index contributed by atoms with van der Waals surface area (Å²) in [6, 6.07) is 2.22. The summed E-state index contributed by atoms with van der Waals surface area (Å²) >= 11 is 7.17. The van der Waals surface area contributed by atoms with Crippen LogP contribution < -0.4 is 10.2 Å². The molecule has 1 aliphatic rings. The van der Waals surface area contributed by atoms with E-state index in [2.05, 4.69) is 27.0 Å². The fraction of sp³-hybridized carbons (Fsp3) is 0.615. The largest absolute Gasteiger partial charge is 0.383 e. The van der Waals surface area contributed by atoms with Crippen molar-refractivity contribution in [1.82, 2.24) is 10.2 Å². The number of ether oxygens (including phenoxy) is 1. The molecule has 4 nitrogen and oxygen atoms in total. The van der Waals surface area contributed by atoms with Gasteiger partial charge in [-0.1, -0.05) is 0 Å². The lowest BCUT2D eigenvalue weighted by Crippen LogP contribution is -3.13. The third-order valence-electron chi connectivity index (χ3n) is 3.37. The number of hydrogen-bond donors (Lipinski definition) is 2. The minimum absolute atomic E-state index is 0.698. The quantitative estimate of drug-likeness (QED) is 0.590. The van der Waals surface area contributed by atoms with Crippen molar-refractivity contribution in [1.29, 1.82) is 0 Å². The Bertz CT molecular complexity index is 375. The van der Waals surface area contributed by atoms with E-state index in [0.29, 0.717) is 6.61 Å².